The lowest BCUT2D eigenvalue weighted by Crippen LogP contribution is -2.14. The Bertz CT molecular complexity index is 669. The van der Waals surface area contributed by atoms with E-state index in [0.717, 1.165) is 33.4 Å². The fourth-order valence-corrected chi connectivity index (χ4v) is 2.27. The highest BCUT2D eigenvalue weighted by Crippen LogP contribution is 2.29. The highest BCUT2D eigenvalue weighted by molar-refractivity contribution is 14.1. The average molecular weight is 406 g/mol. The van der Waals surface area contributed by atoms with Crippen LogP contribution in [0.15, 0.2) is 36.5 Å². The number of nitrogens with zero attached hydrogens (tertiary/aromatic N) is 1. The zero-order chi connectivity index (χ0) is 15.6. The number of carbonyl (C=O) groups is 1. The number of benzene rings is 1. The van der Waals surface area contributed by atoms with Crippen LogP contribution in [0.3, 0.4) is 0 Å². The van der Waals surface area contributed by atoms with Gasteiger partial charge in [-0.3, -0.25) is 4.79 Å². The number of nitrogens with one attached hydrogen (secondary N) is 1. The average Bonchev–Trinajstić information content (AvgIpc) is 2.41. The van der Waals surface area contributed by atoms with E-state index in [1.54, 1.807) is 13.1 Å². The molecule has 1 aromatic carbocycles. The fraction of sp³-hybridized carbons (Fsp3) is 0.143. The maximum atomic E-state index is 12.4. The maximum absolute atomic E-state index is 12.4. The lowest BCUT2D eigenvalue weighted by molar-refractivity contribution is -0.137. The van der Waals surface area contributed by atoms with Crippen LogP contribution in [0.2, 0.25) is 0 Å². The maximum Gasteiger partial charge on any atom is 0.416 e. The smallest absolute Gasteiger partial charge is 0.306 e. The first-order valence-corrected chi connectivity index (χ1v) is 6.96. The van der Waals surface area contributed by atoms with Gasteiger partial charge in [-0.2, -0.15) is 13.2 Å². The summed E-state index contributed by atoms with van der Waals surface area (Å²) in [4.78, 5) is 16.1. The monoisotopic (exact) mass is 406 g/mol. The molecule has 0 spiro atoms. The number of rotatable bonds is 2. The predicted octanol–water partition coefficient (Wildman–Crippen LogP) is 4.27. The molecule has 1 aromatic heterocycles. The molecule has 0 radical (unpaired) electrons. The summed E-state index contributed by atoms with van der Waals surface area (Å²) >= 11 is 2.10. The fourth-order valence-electron chi connectivity index (χ4n) is 1.66. The summed E-state index contributed by atoms with van der Waals surface area (Å²) in [6, 6.07) is 5.88. The van der Waals surface area contributed by atoms with Crippen molar-refractivity contribution in [2.24, 2.45) is 0 Å². The number of pyridine rings is 1. The molecule has 0 atom stereocenters. The standard InChI is InChI=1S/C14H10F3IN2O/c1-8-6-11(18)7-19-12(8)20-13(21)9-2-4-10(5-3-9)14(15,16)17/h2-7H,1H3,(H,19,20,21). The summed E-state index contributed by atoms with van der Waals surface area (Å²) in [5.41, 5.74) is 0.132. The second-order valence-corrected chi connectivity index (χ2v) is 5.59. The Kier molecular flexibility index (Phi) is 4.50. The van der Waals surface area contributed by atoms with Gasteiger partial charge in [0, 0.05) is 15.3 Å². The minimum atomic E-state index is -4.41. The summed E-state index contributed by atoms with van der Waals surface area (Å²) in [5, 5.41) is 2.58. The van der Waals surface area contributed by atoms with Gasteiger partial charge < -0.3 is 5.32 Å². The van der Waals surface area contributed by atoms with Crippen LogP contribution in [0.1, 0.15) is 21.5 Å². The molecule has 0 saturated heterocycles. The summed E-state index contributed by atoms with van der Waals surface area (Å²) in [5.74, 6) is -0.110. The molecule has 0 unspecified atom stereocenters. The largest absolute Gasteiger partial charge is 0.416 e. The van der Waals surface area contributed by atoms with Crippen LogP contribution in [0.4, 0.5) is 19.0 Å². The van der Waals surface area contributed by atoms with Crippen LogP contribution in [0.25, 0.3) is 0 Å². The van der Waals surface area contributed by atoms with Crippen LogP contribution < -0.4 is 5.32 Å². The molecular weight excluding hydrogens is 396 g/mol. The van der Waals surface area contributed by atoms with E-state index >= 15 is 0 Å². The van der Waals surface area contributed by atoms with E-state index in [-0.39, 0.29) is 5.56 Å². The molecule has 0 aliphatic rings. The van der Waals surface area contributed by atoms with Crippen molar-refractivity contribution in [1.29, 1.82) is 0 Å². The van der Waals surface area contributed by atoms with Crippen LogP contribution in [0, 0.1) is 10.5 Å². The van der Waals surface area contributed by atoms with Crippen molar-refractivity contribution in [2.45, 2.75) is 13.1 Å². The number of hydrogen-bond acceptors (Lipinski definition) is 2. The number of hydrogen-bond donors (Lipinski definition) is 1. The van der Waals surface area contributed by atoms with Crippen LogP contribution in [0.5, 0.6) is 0 Å². The molecule has 21 heavy (non-hydrogen) atoms. The van der Waals surface area contributed by atoms with Gasteiger partial charge in [-0.1, -0.05) is 0 Å². The molecule has 0 bridgehead atoms. The quantitative estimate of drug-likeness (QED) is 0.758. The first-order valence-electron chi connectivity index (χ1n) is 5.88. The molecule has 7 heteroatoms. The first kappa shape index (κ1) is 15.7. The topological polar surface area (TPSA) is 42.0 Å². The number of aromatic nitrogens is 1. The minimum Gasteiger partial charge on any atom is -0.306 e. The number of amides is 1. The molecule has 2 aromatic rings. The van der Waals surface area contributed by atoms with Gasteiger partial charge in [0.15, 0.2) is 0 Å². The first-order chi connectivity index (χ1) is 9.77. The van der Waals surface area contributed by atoms with Gasteiger partial charge in [0.1, 0.15) is 5.82 Å². The van der Waals surface area contributed by atoms with Crippen molar-refractivity contribution in [3.63, 3.8) is 0 Å². The van der Waals surface area contributed by atoms with Crippen LogP contribution in [-0.4, -0.2) is 10.9 Å². The van der Waals surface area contributed by atoms with Gasteiger partial charge in [-0.15, -0.1) is 0 Å². The Labute approximate surface area is 132 Å². The minimum absolute atomic E-state index is 0.141. The van der Waals surface area contributed by atoms with E-state index in [0.29, 0.717) is 5.82 Å². The van der Waals surface area contributed by atoms with Crippen molar-refractivity contribution >= 4 is 34.3 Å². The van der Waals surface area contributed by atoms with E-state index < -0.39 is 17.6 Å². The highest BCUT2D eigenvalue weighted by atomic mass is 127. The van der Waals surface area contributed by atoms with E-state index in [4.69, 9.17) is 0 Å². The predicted molar refractivity (Wildman–Crippen MR) is 81.1 cm³/mol. The third kappa shape index (κ3) is 3.93. The molecular formula is C14H10F3IN2O. The Morgan fingerprint density at radius 2 is 1.86 bits per heavy atom. The third-order valence-corrected chi connectivity index (χ3v) is 3.34. The van der Waals surface area contributed by atoms with Crippen LogP contribution in [-0.2, 0) is 6.18 Å². The molecule has 3 nitrogen and oxygen atoms in total. The van der Waals surface area contributed by atoms with Crippen molar-refractivity contribution < 1.29 is 18.0 Å². The number of halogens is 4. The third-order valence-electron chi connectivity index (χ3n) is 2.75. The summed E-state index contributed by atoms with van der Waals surface area (Å²) in [6.45, 7) is 1.79. The second-order valence-electron chi connectivity index (χ2n) is 4.35. The molecule has 0 aliphatic carbocycles. The lowest BCUT2D eigenvalue weighted by atomic mass is 10.1. The van der Waals surface area contributed by atoms with Gasteiger partial charge in [0.25, 0.3) is 5.91 Å². The van der Waals surface area contributed by atoms with E-state index in [1.165, 1.54) is 0 Å². The molecule has 2 rings (SSSR count). The summed E-state index contributed by atoms with van der Waals surface area (Å²) in [7, 11) is 0. The number of alkyl halides is 3. The Hall–Kier alpha value is -1.64. The van der Waals surface area contributed by atoms with Gasteiger partial charge in [0.2, 0.25) is 0 Å². The number of anilines is 1. The molecule has 0 fully saturated rings. The van der Waals surface area contributed by atoms with Crippen molar-refractivity contribution in [3.8, 4) is 0 Å². The Morgan fingerprint density at radius 3 is 2.38 bits per heavy atom. The van der Waals surface area contributed by atoms with Gasteiger partial charge in [-0.05, 0) is 65.4 Å². The number of aryl methyl sites for hydroxylation is 1. The molecule has 110 valence electrons. The SMILES string of the molecule is Cc1cc(I)cnc1NC(=O)c1ccc(C(F)(F)F)cc1. The lowest BCUT2D eigenvalue weighted by Gasteiger charge is -2.09. The van der Waals surface area contributed by atoms with Crippen molar-refractivity contribution in [1.82, 2.24) is 4.98 Å². The number of carbonyl (C=O) groups excluding carboxylic acids is 1. The second kappa shape index (κ2) is 6.00. The molecule has 0 aliphatic heterocycles. The van der Waals surface area contributed by atoms with Crippen LogP contribution >= 0.6 is 22.6 Å². The molecule has 1 N–H and O–H groups in total. The van der Waals surface area contributed by atoms with Crippen molar-refractivity contribution in [2.75, 3.05) is 5.32 Å². The molecule has 0 saturated carbocycles. The van der Waals surface area contributed by atoms with E-state index in [2.05, 4.69) is 32.9 Å². The molecule has 1 amide bonds. The zero-order valence-electron chi connectivity index (χ0n) is 10.8. The highest BCUT2D eigenvalue weighted by Gasteiger charge is 2.30. The summed E-state index contributed by atoms with van der Waals surface area (Å²) in [6.07, 6.45) is -2.82. The van der Waals surface area contributed by atoms with Gasteiger partial charge in [-0.25, -0.2) is 4.98 Å². The van der Waals surface area contributed by atoms with Crippen molar-refractivity contribution in [3.05, 3.63) is 56.8 Å². The zero-order valence-corrected chi connectivity index (χ0v) is 13.0. The Balaban J connectivity index is 2.17. The van der Waals surface area contributed by atoms with E-state index in [9.17, 15) is 18.0 Å². The van der Waals surface area contributed by atoms with Gasteiger partial charge >= 0.3 is 6.18 Å². The summed E-state index contributed by atoms with van der Waals surface area (Å²) < 4.78 is 38.3. The normalized spacial score (nSPS) is 11.3. The molecule has 1 heterocycles. The van der Waals surface area contributed by atoms with Gasteiger partial charge in [0.05, 0.1) is 5.56 Å². The Morgan fingerprint density at radius 1 is 1.24 bits per heavy atom. The van der Waals surface area contributed by atoms with E-state index in [1.807, 2.05) is 6.07 Å².